The fraction of sp³-hybridized carbons (Fsp3) is 0.200. The van der Waals surface area contributed by atoms with E-state index in [4.69, 9.17) is 21.1 Å². The molecule has 2 aromatic carbocycles. The Labute approximate surface area is 134 Å². The largest absolute Gasteiger partial charge is 0.454 e. The molecule has 0 saturated heterocycles. The summed E-state index contributed by atoms with van der Waals surface area (Å²) in [5, 5.41) is 10.7. The van der Waals surface area contributed by atoms with Gasteiger partial charge in [-0.15, -0.1) is 0 Å². The fourth-order valence-corrected chi connectivity index (χ4v) is 3.01. The molecular formula is C15H11BrClFO3. The lowest BCUT2D eigenvalue weighted by Gasteiger charge is -2.13. The lowest BCUT2D eigenvalue weighted by atomic mass is 10.0. The Morgan fingerprint density at radius 2 is 2.10 bits per heavy atom. The Morgan fingerprint density at radius 3 is 2.86 bits per heavy atom. The first-order valence-corrected chi connectivity index (χ1v) is 7.42. The summed E-state index contributed by atoms with van der Waals surface area (Å²) >= 11 is 9.37. The summed E-state index contributed by atoms with van der Waals surface area (Å²) in [6.45, 7) is 0.164. The number of halogens is 3. The maximum Gasteiger partial charge on any atom is 0.231 e. The van der Waals surface area contributed by atoms with E-state index in [0.717, 1.165) is 4.47 Å². The summed E-state index contributed by atoms with van der Waals surface area (Å²) in [6, 6.07) is 7.64. The predicted molar refractivity (Wildman–Crippen MR) is 80.3 cm³/mol. The minimum Gasteiger partial charge on any atom is -0.454 e. The minimum atomic E-state index is -0.779. The highest BCUT2D eigenvalue weighted by molar-refractivity contribution is 9.10. The summed E-state index contributed by atoms with van der Waals surface area (Å²) in [7, 11) is 0. The van der Waals surface area contributed by atoms with Crippen molar-refractivity contribution in [1.82, 2.24) is 0 Å². The molecule has 110 valence electrons. The second kappa shape index (κ2) is 5.83. The molecule has 1 N–H and O–H groups in total. The van der Waals surface area contributed by atoms with E-state index in [1.54, 1.807) is 18.2 Å². The number of aliphatic hydroxyl groups is 1. The monoisotopic (exact) mass is 372 g/mol. The maximum atomic E-state index is 13.0. The molecule has 2 aromatic rings. The molecule has 6 heteroatoms. The molecule has 21 heavy (non-hydrogen) atoms. The van der Waals surface area contributed by atoms with Crippen molar-refractivity contribution in [2.75, 3.05) is 6.79 Å². The van der Waals surface area contributed by atoms with Crippen molar-refractivity contribution in [3.05, 3.63) is 56.8 Å². The van der Waals surface area contributed by atoms with Crippen LogP contribution in [-0.2, 0) is 6.42 Å². The van der Waals surface area contributed by atoms with Gasteiger partial charge in [0, 0.05) is 11.4 Å². The number of fused-ring (bicyclic) bond motifs is 1. The van der Waals surface area contributed by atoms with E-state index in [2.05, 4.69) is 15.9 Å². The van der Waals surface area contributed by atoms with Gasteiger partial charge in [0.2, 0.25) is 6.79 Å². The first kappa shape index (κ1) is 14.6. The average molecular weight is 374 g/mol. The van der Waals surface area contributed by atoms with Gasteiger partial charge in [-0.05, 0) is 51.3 Å². The Kier molecular flexibility index (Phi) is 4.06. The molecule has 0 bridgehead atoms. The summed E-state index contributed by atoms with van der Waals surface area (Å²) in [5.41, 5.74) is 1.35. The number of ether oxygens (including phenoxy) is 2. The summed E-state index contributed by atoms with van der Waals surface area (Å²) in [6.07, 6.45) is -0.496. The van der Waals surface area contributed by atoms with Gasteiger partial charge in [-0.3, -0.25) is 0 Å². The van der Waals surface area contributed by atoms with Crippen molar-refractivity contribution in [3.8, 4) is 11.5 Å². The van der Waals surface area contributed by atoms with Crippen LogP contribution in [0.4, 0.5) is 4.39 Å². The highest BCUT2D eigenvalue weighted by atomic mass is 79.9. The van der Waals surface area contributed by atoms with Gasteiger partial charge in [-0.2, -0.15) is 0 Å². The third-order valence-electron chi connectivity index (χ3n) is 3.26. The van der Waals surface area contributed by atoms with Crippen molar-refractivity contribution in [2.45, 2.75) is 12.5 Å². The van der Waals surface area contributed by atoms with E-state index in [0.29, 0.717) is 27.6 Å². The van der Waals surface area contributed by atoms with E-state index >= 15 is 0 Å². The highest BCUT2D eigenvalue weighted by Crippen LogP contribution is 2.41. The minimum absolute atomic E-state index is 0.164. The van der Waals surface area contributed by atoms with Crippen LogP contribution in [0.3, 0.4) is 0 Å². The Morgan fingerprint density at radius 1 is 1.29 bits per heavy atom. The third-order valence-corrected chi connectivity index (χ3v) is 4.20. The molecule has 1 aliphatic heterocycles. The number of hydrogen-bond acceptors (Lipinski definition) is 3. The van der Waals surface area contributed by atoms with Crippen LogP contribution in [-0.4, -0.2) is 11.9 Å². The van der Waals surface area contributed by atoms with Crippen LogP contribution in [0, 0.1) is 5.82 Å². The van der Waals surface area contributed by atoms with Gasteiger partial charge >= 0.3 is 0 Å². The van der Waals surface area contributed by atoms with Crippen LogP contribution < -0.4 is 9.47 Å². The third kappa shape index (κ3) is 3.00. The molecule has 1 heterocycles. The molecule has 0 radical (unpaired) electrons. The topological polar surface area (TPSA) is 38.7 Å². The quantitative estimate of drug-likeness (QED) is 0.874. The van der Waals surface area contributed by atoms with Crippen molar-refractivity contribution < 1.29 is 19.0 Å². The number of benzene rings is 2. The zero-order valence-electron chi connectivity index (χ0n) is 10.8. The number of aliphatic hydroxyl groups excluding tert-OH is 1. The lowest BCUT2D eigenvalue weighted by molar-refractivity contribution is 0.171. The van der Waals surface area contributed by atoms with E-state index in [1.807, 2.05) is 0 Å². The predicted octanol–water partition coefficient (Wildman–Crippen LogP) is 4.25. The molecule has 0 saturated carbocycles. The normalized spacial score (nSPS) is 14.3. The number of rotatable bonds is 3. The lowest BCUT2D eigenvalue weighted by Crippen LogP contribution is -2.03. The van der Waals surface area contributed by atoms with Gasteiger partial charge in [0.25, 0.3) is 0 Å². The first-order valence-electron chi connectivity index (χ1n) is 6.25. The second-order valence-corrected chi connectivity index (χ2v) is 5.95. The Bertz CT molecular complexity index is 693. The SMILES string of the molecule is OC(Cc1ccc(F)cc1Cl)c1cc(Br)c2c(c1)OCO2. The van der Waals surface area contributed by atoms with E-state index in [9.17, 15) is 9.50 Å². The molecule has 3 rings (SSSR count). The van der Waals surface area contributed by atoms with Crippen molar-refractivity contribution in [3.63, 3.8) is 0 Å². The van der Waals surface area contributed by atoms with Crippen LogP contribution in [0.25, 0.3) is 0 Å². The van der Waals surface area contributed by atoms with Gasteiger partial charge in [0.05, 0.1) is 10.6 Å². The van der Waals surface area contributed by atoms with Crippen molar-refractivity contribution in [1.29, 1.82) is 0 Å². The zero-order valence-corrected chi connectivity index (χ0v) is 13.1. The van der Waals surface area contributed by atoms with Crippen LogP contribution in [0.15, 0.2) is 34.8 Å². The number of hydrogen-bond donors (Lipinski definition) is 1. The Hall–Kier alpha value is -1.30. The summed E-state index contributed by atoms with van der Waals surface area (Å²) in [4.78, 5) is 0. The van der Waals surface area contributed by atoms with E-state index in [1.165, 1.54) is 12.1 Å². The molecule has 1 atom stereocenters. The summed E-state index contributed by atoms with van der Waals surface area (Å²) in [5.74, 6) is 0.818. The van der Waals surface area contributed by atoms with Crippen molar-refractivity contribution >= 4 is 27.5 Å². The first-order chi connectivity index (χ1) is 10.0. The molecule has 0 amide bonds. The van der Waals surface area contributed by atoms with E-state index in [-0.39, 0.29) is 13.2 Å². The van der Waals surface area contributed by atoms with Gasteiger partial charge in [0.15, 0.2) is 11.5 Å². The van der Waals surface area contributed by atoms with Gasteiger partial charge in [0.1, 0.15) is 5.82 Å². The standard InChI is InChI=1S/C15H11BrClFO3/c16-11-3-9(5-14-15(11)21-7-20-14)13(19)4-8-1-2-10(18)6-12(8)17/h1-3,5-6,13,19H,4,7H2. The molecular weight excluding hydrogens is 363 g/mol. The maximum absolute atomic E-state index is 13.0. The molecule has 0 spiro atoms. The zero-order chi connectivity index (χ0) is 15.0. The molecule has 1 aliphatic rings. The van der Waals surface area contributed by atoms with Crippen LogP contribution in [0.1, 0.15) is 17.2 Å². The van der Waals surface area contributed by atoms with Crippen LogP contribution >= 0.6 is 27.5 Å². The average Bonchev–Trinajstić information content (AvgIpc) is 2.90. The van der Waals surface area contributed by atoms with E-state index < -0.39 is 11.9 Å². The fourth-order valence-electron chi connectivity index (χ4n) is 2.19. The molecule has 1 unspecified atom stereocenters. The molecule has 0 fully saturated rings. The van der Waals surface area contributed by atoms with Gasteiger partial charge < -0.3 is 14.6 Å². The molecule has 0 aromatic heterocycles. The molecule has 3 nitrogen and oxygen atoms in total. The smallest absolute Gasteiger partial charge is 0.231 e. The van der Waals surface area contributed by atoms with Gasteiger partial charge in [-0.25, -0.2) is 4.39 Å². The second-order valence-electron chi connectivity index (χ2n) is 4.69. The summed E-state index contributed by atoms with van der Waals surface area (Å²) < 4.78 is 24.4. The Balaban J connectivity index is 1.85. The van der Waals surface area contributed by atoms with Gasteiger partial charge in [-0.1, -0.05) is 17.7 Å². The molecule has 0 aliphatic carbocycles. The van der Waals surface area contributed by atoms with Crippen molar-refractivity contribution in [2.24, 2.45) is 0 Å². The van der Waals surface area contributed by atoms with Crippen LogP contribution in [0.2, 0.25) is 5.02 Å². The highest BCUT2D eigenvalue weighted by Gasteiger charge is 2.21. The van der Waals surface area contributed by atoms with Crippen LogP contribution in [0.5, 0.6) is 11.5 Å².